The predicted octanol–water partition coefficient (Wildman–Crippen LogP) is 3.05. The van der Waals surface area contributed by atoms with E-state index in [4.69, 9.17) is 0 Å². The molecule has 4 rings (SSSR count). The number of alkyl halides is 3. The van der Waals surface area contributed by atoms with Gasteiger partial charge >= 0.3 is 6.18 Å². The number of aromatic nitrogens is 2. The smallest absolute Gasteiger partial charge is 0.369 e. The molecule has 10 nitrogen and oxygen atoms in total. The van der Waals surface area contributed by atoms with Gasteiger partial charge in [-0.15, -0.1) is 0 Å². The molecule has 0 saturated carbocycles. The summed E-state index contributed by atoms with van der Waals surface area (Å²) in [7, 11) is -7.68. The molecule has 1 aliphatic heterocycles. The first kappa shape index (κ1) is 28.3. The van der Waals surface area contributed by atoms with Gasteiger partial charge in [0.1, 0.15) is 5.82 Å². The maximum atomic E-state index is 12.7. The number of rotatable bonds is 4. The molecular formula is C24H23F3N6O4S2. The van der Waals surface area contributed by atoms with Crippen molar-refractivity contribution < 1.29 is 30.0 Å². The van der Waals surface area contributed by atoms with Gasteiger partial charge in [-0.05, 0) is 48.9 Å². The summed E-state index contributed by atoms with van der Waals surface area (Å²) in [6, 6.07) is 9.43. The van der Waals surface area contributed by atoms with Gasteiger partial charge in [-0.3, -0.25) is 0 Å². The Labute approximate surface area is 223 Å². The van der Waals surface area contributed by atoms with E-state index in [2.05, 4.69) is 41.9 Å². The van der Waals surface area contributed by atoms with Crippen molar-refractivity contribution >= 4 is 37.5 Å². The second-order valence-electron chi connectivity index (χ2n) is 8.26. The summed E-state index contributed by atoms with van der Waals surface area (Å²) in [6.07, 6.45) is -2.51. The number of hydrogen-bond donors (Lipinski definition) is 4. The maximum Gasteiger partial charge on any atom is 0.416 e. The van der Waals surface area contributed by atoms with Gasteiger partial charge in [0.15, 0.2) is 0 Å². The molecule has 206 valence electrons. The third-order valence-corrected chi connectivity index (χ3v) is 8.32. The summed E-state index contributed by atoms with van der Waals surface area (Å²) < 4.78 is 92.6. The highest BCUT2D eigenvalue weighted by molar-refractivity contribution is 7.89. The predicted molar refractivity (Wildman–Crippen MR) is 138 cm³/mol. The van der Waals surface area contributed by atoms with E-state index in [-0.39, 0.29) is 35.2 Å². The molecule has 0 amide bonds. The average molecular weight is 581 g/mol. The number of nitrogens with zero attached hydrogens (tertiary/aromatic N) is 2. The van der Waals surface area contributed by atoms with E-state index in [0.29, 0.717) is 42.2 Å². The highest BCUT2D eigenvalue weighted by atomic mass is 32.2. The Hall–Kier alpha value is -3.71. The third kappa shape index (κ3) is 7.45. The van der Waals surface area contributed by atoms with E-state index in [1.165, 1.54) is 18.3 Å². The second kappa shape index (κ2) is 11.6. The summed E-state index contributed by atoms with van der Waals surface area (Å²) in [5.41, 5.74) is -0.0275. The van der Waals surface area contributed by atoms with Gasteiger partial charge < -0.3 is 10.6 Å². The minimum atomic E-state index is -4.56. The molecule has 0 unspecified atom stereocenters. The molecule has 4 bridgehead atoms. The molecule has 0 radical (unpaired) electrons. The van der Waals surface area contributed by atoms with Gasteiger partial charge in [0, 0.05) is 31.7 Å². The van der Waals surface area contributed by atoms with Gasteiger partial charge in [0.2, 0.25) is 26.0 Å². The summed E-state index contributed by atoms with van der Waals surface area (Å²) in [5.74, 6) is 6.33. The molecule has 0 saturated heterocycles. The van der Waals surface area contributed by atoms with E-state index in [1.807, 2.05) is 0 Å². The summed E-state index contributed by atoms with van der Waals surface area (Å²) in [6.45, 7) is 0.513. The van der Waals surface area contributed by atoms with Crippen LogP contribution in [0.1, 0.15) is 24.0 Å². The van der Waals surface area contributed by atoms with E-state index < -0.39 is 31.8 Å². The number of hydrogen-bond acceptors (Lipinski definition) is 8. The topological polar surface area (TPSA) is 142 Å². The number of halogens is 3. The molecule has 4 N–H and O–H groups in total. The Morgan fingerprint density at radius 3 is 2.59 bits per heavy atom. The lowest BCUT2D eigenvalue weighted by molar-refractivity contribution is -0.137. The minimum absolute atomic E-state index is 0.0733. The van der Waals surface area contributed by atoms with Gasteiger partial charge in [-0.25, -0.2) is 31.3 Å². The Kier molecular flexibility index (Phi) is 8.40. The van der Waals surface area contributed by atoms with Crippen molar-refractivity contribution in [3.63, 3.8) is 0 Å². The first-order chi connectivity index (χ1) is 18.4. The number of nitrogens with one attached hydrogen (secondary N) is 4. The third-order valence-electron chi connectivity index (χ3n) is 5.38. The number of benzene rings is 2. The van der Waals surface area contributed by atoms with E-state index in [1.54, 1.807) is 12.1 Å². The molecule has 1 aliphatic rings. The van der Waals surface area contributed by atoms with Crippen LogP contribution in [-0.2, 0) is 26.2 Å². The van der Waals surface area contributed by atoms with Crippen molar-refractivity contribution in [2.45, 2.75) is 28.8 Å². The second-order valence-corrected chi connectivity index (χ2v) is 11.8. The zero-order valence-corrected chi connectivity index (χ0v) is 21.8. The van der Waals surface area contributed by atoms with Crippen LogP contribution < -0.4 is 20.1 Å². The van der Waals surface area contributed by atoms with Crippen LogP contribution >= 0.6 is 0 Å². The number of sulfonamides is 2. The molecule has 0 fully saturated rings. The van der Waals surface area contributed by atoms with Crippen molar-refractivity contribution in [3.8, 4) is 11.8 Å². The van der Waals surface area contributed by atoms with Crippen LogP contribution in [0.15, 0.2) is 64.5 Å². The quantitative estimate of drug-likeness (QED) is 0.273. The minimum Gasteiger partial charge on any atom is -0.369 e. The number of fused-ring (bicyclic) bond motifs is 4. The van der Waals surface area contributed by atoms with Crippen LogP contribution in [0.3, 0.4) is 0 Å². The van der Waals surface area contributed by atoms with Crippen LogP contribution in [0.2, 0.25) is 0 Å². The highest BCUT2D eigenvalue weighted by Gasteiger charge is 2.30. The zero-order chi connectivity index (χ0) is 28.1. The SMILES string of the molecule is O=S(=O)(NCCC#Cc1cnc2nc1NCCCNS(=O)(=O)c1cccc(c1)N2)c1ccc(C(F)(F)F)cc1. The molecule has 0 atom stereocenters. The molecular weight excluding hydrogens is 557 g/mol. The van der Waals surface area contributed by atoms with Crippen LogP contribution in [-0.4, -0.2) is 46.4 Å². The molecule has 1 aromatic heterocycles. The van der Waals surface area contributed by atoms with Gasteiger partial charge in [-0.1, -0.05) is 17.9 Å². The average Bonchev–Trinajstić information content (AvgIpc) is 2.89. The first-order valence-electron chi connectivity index (χ1n) is 11.6. The monoisotopic (exact) mass is 580 g/mol. The van der Waals surface area contributed by atoms with Crippen molar-refractivity contribution in [2.24, 2.45) is 0 Å². The molecule has 15 heteroatoms. The van der Waals surface area contributed by atoms with Gasteiger partial charge in [0.05, 0.1) is 27.1 Å². The summed E-state index contributed by atoms with van der Waals surface area (Å²) in [5, 5.41) is 6.07. The van der Waals surface area contributed by atoms with Crippen molar-refractivity contribution in [2.75, 3.05) is 30.3 Å². The lowest BCUT2D eigenvalue weighted by Gasteiger charge is -2.10. The number of anilines is 3. The maximum absolute atomic E-state index is 12.7. The lowest BCUT2D eigenvalue weighted by Crippen LogP contribution is -2.26. The summed E-state index contributed by atoms with van der Waals surface area (Å²) in [4.78, 5) is 8.48. The van der Waals surface area contributed by atoms with Crippen molar-refractivity contribution in [1.29, 1.82) is 0 Å². The molecule has 39 heavy (non-hydrogen) atoms. The van der Waals surface area contributed by atoms with Crippen molar-refractivity contribution in [3.05, 3.63) is 65.9 Å². The summed E-state index contributed by atoms with van der Waals surface area (Å²) >= 11 is 0. The van der Waals surface area contributed by atoms with Crippen LogP contribution in [0.4, 0.5) is 30.6 Å². The van der Waals surface area contributed by atoms with Crippen molar-refractivity contribution in [1.82, 2.24) is 19.4 Å². The van der Waals surface area contributed by atoms with E-state index in [0.717, 1.165) is 12.1 Å². The van der Waals surface area contributed by atoms with E-state index in [9.17, 15) is 30.0 Å². The zero-order valence-electron chi connectivity index (χ0n) is 20.2. The Bertz CT molecular complexity index is 1620. The molecule has 0 spiro atoms. The Morgan fingerprint density at radius 1 is 1.08 bits per heavy atom. The fourth-order valence-corrected chi connectivity index (χ4v) is 5.59. The highest BCUT2D eigenvalue weighted by Crippen LogP contribution is 2.29. The fraction of sp³-hybridized carbons (Fsp3) is 0.250. The van der Waals surface area contributed by atoms with Crippen LogP contribution in [0, 0.1) is 11.8 Å². The fourth-order valence-electron chi connectivity index (χ4n) is 3.44. The normalized spacial score (nSPS) is 15.3. The molecule has 2 heterocycles. The van der Waals surface area contributed by atoms with Crippen LogP contribution in [0.5, 0.6) is 0 Å². The Morgan fingerprint density at radius 2 is 1.85 bits per heavy atom. The van der Waals surface area contributed by atoms with Gasteiger partial charge in [-0.2, -0.15) is 18.2 Å². The molecule has 2 aromatic carbocycles. The first-order valence-corrected chi connectivity index (χ1v) is 14.5. The lowest BCUT2D eigenvalue weighted by atomic mass is 10.2. The van der Waals surface area contributed by atoms with Crippen LogP contribution in [0.25, 0.3) is 0 Å². The molecule has 0 aliphatic carbocycles. The standard InChI is InChI=1S/C24H23F3N6O4S2/c25-24(26,27)18-8-10-20(11-9-18)38(34,35)30-13-2-1-5-17-16-29-23-32-19-6-3-7-21(15-19)39(36,37)31-14-4-12-28-22(17)33-23/h3,6-11,15-16,30-31H,2,4,12-14H2,(H2,28,29,32,33). The Balaban J connectivity index is 1.43. The molecule has 3 aromatic rings. The largest absolute Gasteiger partial charge is 0.416 e. The van der Waals surface area contributed by atoms with Gasteiger partial charge in [0.25, 0.3) is 0 Å². The van der Waals surface area contributed by atoms with E-state index >= 15 is 0 Å².